The van der Waals surface area contributed by atoms with Crippen molar-refractivity contribution in [1.29, 1.82) is 0 Å². The zero-order chi connectivity index (χ0) is 35.1. The Hall–Kier alpha value is -3.79. The number of esters is 2. The molecule has 1 aromatic rings. The van der Waals surface area contributed by atoms with Crippen molar-refractivity contribution in [3.8, 4) is 5.75 Å². The summed E-state index contributed by atoms with van der Waals surface area (Å²) in [4.78, 5) is 67.8. The molecule has 0 radical (unpaired) electrons. The molecule has 15 nitrogen and oxygen atoms in total. The summed E-state index contributed by atoms with van der Waals surface area (Å²) in [6.45, 7) is 8.88. The first kappa shape index (κ1) is 39.4. The van der Waals surface area contributed by atoms with Crippen molar-refractivity contribution in [3.05, 3.63) is 29.8 Å². The van der Waals surface area contributed by atoms with Gasteiger partial charge in [-0.2, -0.15) is 0 Å². The number of carboxylic acid groups (broad SMARTS) is 3. The van der Waals surface area contributed by atoms with E-state index in [2.05, 4.69) is 0 Å². The summed E-state index contributed by atoms with van der Waals surface area (Å²) in [5.41, 5.74) is 0.597. The third kappa shape index (κ3) is 12.4. The third-order valence-corrected chi connectivity index (χ3v) is 8.50. The van der Waals surface area contributed by atoms with Crippen molar-refractivity contribution in [2.24, 2.45) is 0 Å². The number of methoxy groups -OCH3 is 1. The van der Waals surface area contributed by atoms with Gasteiger partial charge in [0.1, 0.15) is 29.9 Å². The molecule has 15 heteroatoms. The van der Waals surface area contributed by atoms with E-state index in [0.717, 1.165) is 0 Å². The topological polar surface area (TPSA) is 187 Å². The van der Waals surface area contributed by atoms with Gasteiger partial charge in [0, 0.05) is 58.8 Å². The number of hydrogen-bond donors (Lipinski definition) is 3. The summed E-state index contributed by atoms with van der Waals surface area (Å²) in [6, 6.07) is 3.35. The molecule has 1 fully saturated rings. The van der Waals surface area contributed by atoms with E-state index in [0.29, 0.717) is 30.9 Å². The zero-order valence-electron chi connectivity index (χ0n) is 28.0. The van der Waals surface area contributed by atoms with E-state index in [1.807, 2.05) is 4.90 Å². The number of rotatable bonds is 15. The van der Waals surface area contributed by atoms with Crippen LogP contribution in [-0.4, -0.2) is 156 Å². The van der Waals surface area contributed by atoms with Gasteiger partial charge in [0.25, 0.3) is 0 Å². The highest BCUT2D eigenvalue weighted by atomic mass is 16.5. The molecule has 0 spiro atoms. The van der Waals surface area contributed by atoms with Crippen LogP contribution in [-0.2, 0) is 33.4 Å². The van der Waals surface area contributed by atoms with Crippen molar-refractivity contribution in [2.45, 2.75) is 64.7 Å². The van der Waals surface area contributed by atoms with Crippen molar-refractivity contribution in [1.82, 2.24) is 19.6 Å². The normalized spacial score (nSPS) is 18.8. The molecule has 1 aliphatic rings. The Bertz CT molecular complexity index is 1150. The van der Waals surface area contributed by atoms with Gasteiger partial charge in [0.15, 0.2) is 0 Å². The van der Waals surface area contributed by atoms with Crippen LogP contribution in [0.4, 0.5) is 0 Å². The minimum absolute atomic E-state index is 0.229. The maximum absolute atomic E-state index is 13.3. The number of hydrogen-bond acceptors (Lipinski definition) is 12. The van der Waals surface area contributed by atoms with Gasteiger partial charge in [0.05, 0.1) is 20.3 Å². The van der Waals surface area contributed by atoms with Crippen LogP contribution in [0.1, 0.15) is 52.1 Å². The smallest absolute Gasteiger partial charge is 0.327 e. The lowest BCUT2D eigenvalue weighted by Crippen LogP contribution is -2.54. The molecule has 3 N–H and O–H groups in total. The van der Waals surface area contributed by atoms with Crippen LogP contribution < -0.4 is 4.74 Å². The fourth-order valence-corrected chi connectivity index (χ4v) is 5.36. The maximum atomic E-state index is 13.3. The summed E-state index contributed by atoms with van der Waals surface area (Å²) in [6.07, 6.45) is 0.708. The molecule has 1 aromatic carbocycles. The van der Waals surface area contributed by atoms with Gasteiger partial charge in [0.2, 0.25) is 0 Å². The number of carbonyl (C=O) groups is 5. The lowest BCUT2D eigenvalue weighted by molar-refractivity contribution is -0.149. The lowest BCUT2D eigenvalue weighted by atomic mass is 10.0. The highest BCUT2D eigenvalue weighted by molar-refractivity contribution is 5.78. The summed E-state index contributed by atoms with van der Waals surface area (Å²) < 4.78 is 15.9. The molecule has 47 heavy (non-hydrogen) atoms. The number of aliphatic carboxylic acids is 3. The Labute approximate surface area is 275 Å². The Kier molecular flexibility index (Phi) is 16.6. The van der Waals surface area contributed by atoms with Gasteiger partial charge in [-0.25, -0.2) is 4.79 Å². The molecule has 0 aliphatic carbocycles. The minimum atomic E-state index is -1.04. The van der Waals surface area contributed by atoms with E-state index in [1.54, 1.807) is 66.7 Å². The number of ether oxygens (including phenoxy) is 3. The molecule has 2 rings (SSSR count). The average molecular weight is 667 g/mol. The van der Waals surface area contributed by atoms with Crippen LogP contribution in [0.25, 0.3) is 0 Å². The van der Waals surface area contributed by atoms with E-state index in [1.165, 1.54) is 7.11 Å². The van der Waals surface area contributed by atoms with Gasteiger partial charge in [-0.15, -0.1) is 0 Å². The molecular formula is C32H50N4O11. The SMILES string of the molecule is CCOC(=O)CCCOc1ccc(C(C(=O)OC)N2CCN(C(C)C(=O)O)CCN(C(C)C(=O)O)CCN(C(C)C(=O)O)CC2)cc1. The minimum Gasteiger partial charge on any atom is -0.494 e. The molecule has 264 valence electrons. The third-order valence-electron chi connectivity index (χ3n) is 8.50. The summed E-state index contributed by atoms with van der Waals surface area (Å²) in [7, 11) is 1.28. The monoisotopic (exact) mass is 666 g/mol. The quantitative estimate of drug-likeness (QED) is 0.179. The Morgan fingerprint density at radius 1 is 0.702 bits per heavy atom. The molecule has 4 unspecified atom stereocenters. The molecule has 0 bridgehead atoms. The molecule has 1 saturated heterocycles. The van der Waals surface area contributed by atoms with Gasteiger partial charge in [-0.3, -0.25) is 38.8 Å². The van der Waals surface area contributed by atoms with Gasteiger partial charge < -0.3 is 29.5 Å². The van der Waals surface area contributed by atoms with Gasteiger partial charge in [-0.1, -0.05) is 12.1 Å². The molecule has 0 saturated carbocycles. The number of carboxylic acids is 3. The van der Waals surface area contributed by atoms with Crippen molar-refractivity contribution in [3.63, 3.8) is 0 Å². The lowest BCUT2D eigenvalue weighted by Gasteiger charge is -2.38. The van der Waals surface area contributed by atoms with Crippen molar-refractivity contribution >= 4 is 29.8 Å². The van der Waals surface area contributed by atoms with Gasteiger partial charge >= 0.3 is 29.8 Å². The number of carbonyl (C=O) groups excluding carboxylic acids is 2. The molecule has 1 aliphatic heterocycles. The summed E-state index contributed by atoms with van der Waals surface area (Å²) >= 11 is 0. The van der Waals surface area contributed by atoms with Crippen LogP contribution in [0.5, 0.6) is 5.75 Å². The second-order valence-electron chi connectivity index (χ2n) is 11.4. The number of nitrogens with zero attached hydrogens (tertiary/aromatic N) is 4. The Morgan fingerprint density at radius 3 is 1.47 bits per heavy atom. The van der Waals surface area contributed by atoms with Crippen LogP contribution in [0.15, 0.2) is 24.3 Å². The van der Waals surface area contributed by atoms with Crippen LogP contribution >= 0.6 is 0 Å². The van der Waals surface area contributed by atoms with E-state index >= 15 is 0 Å². The number of benzene rings is 1. The first-order valence-electron chi connectivity index (χ1n) is 15.9. The first-order valence-corrected chi connectivity index (χ1v) is 15.9. The molecule has 0 aromatic heterocycles. The second kappa shape index (κ2) is 19.8. The second-order valence-corrected chi connectivity index (χ2v) is 11.4. The van der Waals surface area contributed by atoms with E-state index in [4.69, 9.17) is 14.2 Å². The average Bonchev–Trinajstić information content (AvgIpc) is 3.03. The molecule has 1 heterocycles. The summed E-state index contributed by atoms with van der Waals surface area (Å²) in [5.74, 6) is -3.41. The fraction of sp³-hybridized carbons (Fsp3) is 0.656. The Balaban J connectivity index is 2.39. The first-order chi connectivity index (χ1) is 22.3. The maximum Gasteiger partial charge on any atom is 0.327 e. The van der Waals surface area contributed by atoms with Crippen LogP contribution in [0.2, 0.25) is 0 Å². The highest BCUT2D eigenvalue weighted by Crippen LogP contribution is 2.25. The van der Waals surface area contributed by atoms with Crippen LogP contribution in [0.3, 0.4) is 0 Å². The van der Waals surface area contributed by atoms with Gasteiger partial charge in [-0.05, 0) is 51.8 Å². The van der Waals surface area contributed by atoms with E-state index in [9.17, 15) is 39.3 Å². The molecular weight excluding hydrogens is 616 g/mol. The van der Waals surface area contributed by atoms with Crippen LogP contribution in [0, 0.1) is 0 Å². The zero-order valence-corrected chi connectivity index (χ0v) is 28.0. The predicted octanol–water partition coefficient (Wildman–Crippen LogP) is 1.26. The van der Waals surface area contributed by atoms with Crippen molar-refractivity contribution < 1.29 is 53.5 Å². The van der Waals surface area contributed by atoms with E-state index < -0.39 is 48.0 Å². The van der Waals surface area contributed by atoms with E-state index in [-0.39, 0.29) is 64.7 Å². The largest absolute Gasteiger partial charge is 0.494 e. The predicted molar refractivity (Wildman–Crippen MR) is 170 cm³/mol. The summed E-state index contributed by atoms with van der Waals surface area (Å²) in [5, 5.41) is 29.4. The molecule has 4 atom stereocenters. The standard InChI is InChI=1S/C32H50N4O11/c1-6-46-27(37)8-7-21-47-26-11-9-25(10-12-26)28(32(44)45-5)36-19-17-34(23(3)30(40)41)15-13-33(22(2)29(38)39)14-16-35(18-20-36)24(4)31(42)43/h9-12,22-24,28H,6-8,13-21H2,1-5H3,(H,38,39)(H,40,41)(H,42,43). The molecule has 0 amide bonds. The Morgan fingerprint density at radius 2 is 1.11 bits per heavy atom. The van der Waals surface area contributed by atoms with Crippen molar-refractivity contribution in [2.75, 3.05) is 72.7 Å². The highest BCUT2D eigenvalue weighted by Gasteiger charge is 2.33. The fourth-order valence-electron chi connectivity index (χ4n) is 5.36.